The summed E-state index contributed by atoms with van der Waals surface area (Å²) in [5.74, 6) is 2.35. The van der Waals surface area contributed by atoms with Crippen molar-refractivity contribution in [3.05, 3.63) is 0 Å². The molecule has 0 unspecified atom stereocenters. The van der Waals surface area contributed by atoms with Crippen LogP contribution in [0, 0.1) is 0 Å². The van der Waals surface area contributed by atoms with Gasteiger partial charge in [0.2, 0.25) is 5.91 Å². The van der Waals surface area contributed by atoms with Gasteiger partial charge in [0.25, 0.3) is 0 Å². The number of nitrogens with one attached hydrogen (secondary N) is 1. The van der Waals surface area contributed by atoms with E-state index in [1.807, 2.05) is 16.7 Å². The molecule has 2 rings (SSSR count). The van der Waals surface area contributed by atoms with Gasteiger partial charge in [-0.2, -0.15) is 11.8 Å². The fourth-order valence-electron chi connectivity index (χ4n) is 1.73. The van der Waals surface area contributed by atoms with E-state index in [2.05, 4.69) is 5.32 Å². The number of ether oxygens (including phenoxy) is 1. The number of carbonyl (C=O) groups excluding carboxylic acids is 1. The van der Waals surface area contributed by atoms with Crippen LogP contribution in [0.2, 0.25) is 0 Å². The summed E-state index contributed by atoms with van der Waals surface area (Å²) in [5, 5.41) is 3.19. The SMILES string of the molecule is O=C([C@@H]1COCCN1)N1CCSCC1. The Morgan fingerprint density at radius 2 is 2.21 bits per heavy atom. The Bertz CT molecular complexity index is 181. The van der Waals surface area contributed by atoms with Crippen molar-refractivity contribution in [1.82, 2.24) is 10.2 Å². The molecular weight excluding hydrogens is 200 g/mol. The van der Waals surface area contributed by atoms with E-state index < -0.39 is 0 Å². The second-order valence-corrected chi connectivity index (χ2v) is 4.74. The Morgan fingerprint density at radius 3 is 2.86 bits per heavy atom. The van der Waals surface area contributed by atoms with Crippen LogP contribution < -0.4 is 5.32 Å². The highest BCUT2D eigenvalue weighted by Crippen LogP contribution is 2.10. The molecule has 0 aromatic heterocycles. The summed E-state index contributed by atoms with van der Waals surface area (Å²) < 4.78 is 5.28. The first-order valence-electron chi connectivity index (χ1n) is 5.05. The van der Waals surface area contributed by atoms with Crippen molar-refractivity contribution in [2.24, 2.45) is 0 Å². The zero-order chi connectivity index (χ0) is 9.80. The first kappa shape index (κ1) is 10.3. The number of hydrogen-bond acceptors (Lipinski definition) is 4. The molecule has 2 aliphatic heterocycles. The molecule has 2 fully saturated rings. The normalized spacial score (nSPS) is 28.9. The van der Waals surface area contributed by atoms with Gasteiger partial charge in [-0.05, 0) is 0 Å². The molecule has 2 aliphatic rings. The Hall–Kier alpha value is -0.260. The quantitative estimate of drug-likeness (QED) is 0.644. The summed E-state index contributed by atoms with van der Waals surface area (Å²) in [6, 6.07) is -0.105. The Labute approximate surface area is 88.4 Å². The average molecular weight is 216 g/mol. The van der Waals surface area contributed by atoms with E-state index in [4.69, 9.17) is 4.74 Å². The van der Waals surface area contributed by atoms with Crippen LogP contribution in [0.15, 0.2) is 0 Å². The summed E-state index contributed by atoms with van der Waals surface area (Å²) >= 11 is 1.92. The Morgan fingerprint density at radius 1 is 1.43 bits per heavy atom. The molecule has 0 spiro atoms. The second-order valence-electron chi connectivity index (χ2n) is 3.52. The topological polar surface area (TPSA) is 41.6 Å². The Balaban J connectivity index is 1.85. The molecule has 1 N–H and O–H groups in total. The van der Waals surface area contributed by atoms with Gasteiger partial charge in [-0.1, -0.05) is 0 Å². The summed E-state index contributed by atoms with van der Waals surface area (Å²) in [4.78, 5) is 13.9. The summed E-state index contributed by atoms with van der Waals surface area (Å²) in [6.07, 6.45) is 0. The maximum atomic E-state index is 11.9. The molecule has 0 radical (unpaired) electrons. The third kappa shape index (κ3) is 2.40. The molecule has 5 heteroatoms. The number of rotatable bonds is 1. The lowest BCUT2D eigenvalue weighted by molar-refractivity contribution is -0.136. The van der Waals surface area contributed by atoms with Crippen LogP contribution >= 0.6 is 11.8 Å². The Kier molecular flexibility index (Phi) is 3.67. The van der Waals surface area contributed by atoms with Gasteiger partial charge in [-0.3, -0.25) is 4.79 Å². The molecular formula is C9H16N2O2S. The van der Waals surface area contributed by atoms with Crippen molar-refractivity contribution in [3.8, 4) is 0 Å². The molecule has 1 atom stereocenters. The van der Waals surface area contributed by atoms with Crippen molar-refractivity contribution >= 4 is 17.7 Å². The lowest BCUT2D eigenvalue weighted by atomic mass is 10.2. The van der Waals surface area contributed by atoms with Crippen molar-refractivity contribution in [3.63, 3.8) is 0 Å². The molecule has 0 aliphatic carbocycles. The fraction of sp³-hybridized carbons (Fsp3) is 0.889. The monoisotopic (exact) mass is 216 g/mol. The molecule has 0 saturated carbocycles. The number of amides is 1. The molecule has 80 valence electrons. The van der Waals surface area contributed by atoms with Gasteiger partial charge in [0.05, 0.1) is 13.2 Å². The first-order chi connectivity index (χ1) is 6.88. The van der Waals surface area contributed by atoms with Crippen LogP contribution in [0.4, 0.5) is 0 Å². The number of carbonyl (C=O) groups is 1. The van der Waals surface area contributed by atoms with Crippen LogP contribution in [0.25, 0.3) is 0 Å². The van der Waals surface area contributed by atoms with Crippen LogP contribution in [0.1, 0.15) is 0 Å². The third-order valence-electron chi connectivity index (χ3n) is 2.54. The van der Waals surface area contributed by atoms with Crippen molar-refractivity contribution in [2.45, 2.75) is 6.04 Å². The molecule has 0 aromatic rings. The van der Waals surface area contributed by atoms with E-state index in [1.54, 1.807) is 0 Å². The minimum absolute atomic E-state index is 0.105. The lowest BCUT2D eigenvalue weighted by Gasteiger charge is -2.32. The lowest BCUT2D eigenvalue weighted by Crippen LogP contribution is -2.54. The zero-order valence-electron chi connectivity index (χ0n) is 8.20. The molecule has 1 amide bonds. The van der Waals surface area contributed by atoms with E-state index in [-0.39, 0.29) is 11.9 Å². The van der Waals surface area contributed by atoms with E-state index in [9.17, 15) is 4.79 Å². The summed E-state index contributed by atoms with van der Waals surface area (Å²) in [6.45, 7) is 3.82. The maximum absolute atomic E-state index is 11.9. The number of nitrogens with zero attached hydrogens (tertiary/aromatic N) is 1. The van der Waals surface area contributed by atoms with Crippen molar-refractivity contribution < 1.29 is 9.53 Å². The smallest absolute Gasteiger partial charge is 0.242 e. The van der Waals surface area contributed by atoms with Gasteiger partial charge in [0.1, 0.15) is 6.04 Å². The van der Waals surface area contributed by atoms with Crippen LogP contribution in [-0.2, 0) is 9.53 Å². The molecule has 0 bridgehead atoms. The van der Waals surface area contributed by atoms with Gasteiger partial charge in [0.15, 0.2) is 0 Å². The van der Waals surface area contributed by atoms with E-state index in [0.29, 0.717) is 6.61 Å². The van der Waals surface area contributed by atoms with Crippen LogP contribution in [-0.4, -0.2) is 61.2 Å². The molecule has 0 aromatic carbocycles. The van der Waals surface area contributed by atoms with Gasteiger partial charge >= 0.3 is 0 Å². The van der Waals surface area contributed by atoms with Crippen LogP contribution in [0.5, 0.6) is 0 Å². The fourth-order valence-corrected chi connectivity index (χ4v) is 2.63. The summed E-state index contributed by atoms with van der Waals surface area (Å²) in [5.41, 5.74) is 0. The second kappa shape index (κ2) is 5.00. The van der Waals surface area contributed by atoms with Crippen LogP contribution in [0.3, 0.4) is 0 Å². The molecule has 4 nitrogen and oxygen atoms in total. The standard InChI is InChI=1S/C9H16N2O2S/c12-9(8-7-13-4-1-10-8)11-2-5-14-6-3-11/h8,10H,1-7H2/t8-/m0/s1. The number of thioether (sulfide) groups is 1. The first-order valence-corrected chi connectivity index (χ1v) is 6.21. The van der Waals surface area contributed by atoms with Gasteiger partial charge < -0.3 is 15.0 Å². The minimum atomic E-state index is -0.105. The average Bonchev–Trinajstić information content (AvgIpc) is 2.30. The number of hydrogen-bond donors (Lipinski definition) is 1. The zero-order valence-corrected chi connectivity index (χ0v) is 9.02. The van der Waals surface area contributed by atoms with E-state index in [0.717, 1.165) is 37.7 Å². The van der Waals surface area contributed by atoms with Crippen molar-refractivity contribution in [1.29, 1.82) is 0 Å². The predicted molar refractivity (Wildman–Crippen MR) is 56.5 cm³/mol. The largest absolute Gasteiger partial charge is 0.378 e. The molecule has 2 heterocycles. The van der Waals surface area contributed by atoms with Gasteiger partial charge in [0, 0.05) is 31.1 Å². The molecule has 2 saturated heterocycles. The number of morpholine rings is 1. The van der Waals surface area contributed by atoms with E-state index >= 15 is 0 Å². The van der Waals surface area contributed by atoms with Gasteiger partial charge in [-0.25, -0.2) is 0 Å². The highest BCUT2D eigenvalue weighted by atomic mass is 32.2. The minimum Gasteiger partial charge on any atom is -0.378 e. The highest BCUT2D eigenvalue weighted by molar-refractivity contribution is 7.99. The third-order valence-corrected chi connectivity index (χ3v) is 3.49. The van der Waals surface area contributed by atoms with E-state index in [1.165, 1.54) is 0 Å². The summed E-state index contributed by atoms with van der Waals surface area (Å²) in [7, 11) is 0. The predicted octanol–water partition coefficient (Wildman–Crippen LogP) is -0.450. The molecule has 14 heavy (non-hydrogen) atoms. The van der Waals surface area contributed by atoms with Crippen molar-refractivity contribution in [2.75, 3.05) is 44.4 Å². The van der Waals surface area contributed by atoms with Gasteiger partial charge in [-0.15, -0.1) is 0 Å². The maximum Gasteiger partial charge on any atom is 0.242 e. The highest BCUT2D eigenvalue weighted by Gasteiger charge is 2.26.